The van der Waals surface area contributed by atoms with Crippen LogP contribution >= 0.6 is 11.6 Å². The van der Waals surface area contributed by atoms with Gasteiger partial charge in [0.1, 0.15) is 5.82 Å². The van der Waals surface area contributed by atoms with E-state index < -0.39 is 0 Å². The summed E-state index contributed by atoms with van der Waals surface area (Å²) in [5, 5.41) is 1.36. The van der Waals surface area contributed by atoms with E-state index in [4.69, 9.17) is 16.6 Å². The predicted molar refractivity (Wildman–Crippen MR) is 146 cm³/mol. The molecule has 180 valence electrons. The molecule has 4 aromatic rings. The highest BCUT2D eigenvalue weighted by Gasteiger charge is 2.24. The number of hydrogen-bond acceptors (Lipinski definition) is 3. The van der Waals surface area contributed by atoms with Crippen molar-refractivity contribution in [3.63, 3.8) is 0 Å². The van der Waals surface area contributed by atoms with Gasteiger partial charge in [-0.25, -0.2) is 4.98 Å². The first-order chi connectivity index (χ1) is 16.9. The normalized spacial score (nSPS) is 16.8. The van der Waals surface area contributed by atoms with E-state index in [1.54, 1.807) is 0 Å². The molecule has 0 saturated carbocycles. The first-order valence-corrected chi connectivity index (χ1v) is 12.9. The van der Waals surface area contributed by atoms with Crippen LogP contribution in [-0.2, 0) is 6.54 Å². The molecular weight excluding hydrogens is 454 g/mol. The fourth-order valence-electron chi connectivity index (χ4n) is 5.22. The number of hydrogen-bond donors (Lipinski definition) is 0. The smallest absolute Gasteiger partial charge is 0.261 e. The number of benzene rings is 3. The molecule has 0 amide bonds. The largest absolute Gasteiger partial charge is 0.301 e. The molecule has 1 aliphatic rings. The summed E-state index contributed by atoms with van der Waals surface area (Å²) in [6.45, 7) is 9.42. The van der Waals surface area contributed by atoms with Gasteiger partial charge in [-0.05, 0) is 87.0 Å². The van der Waals surface area contributed by atoms with E-state index in [9.17, 15) is 4.79 Å². The zero-order valence-electron chi connectivity index (χ0n) is 20.7. The SMILES string of the molecule is Cc1ccccc1-c1nc2ccc(-c3ccc(Cl)cc3)cc2c(=O)n1CC1CCCN(C(C)C)C1. The molecule has 4 nitrogen and oxygen atoms in total. The van der Waals surface area contributed by atoms with Crippen LogP contribution in [0.3, 0.4) is 0 Å². The monoisotopic (exact) mass is 485 g/mol. The molecule has 1 unspecified atom stereocenters. The lowest BCUT2D eigenvalue weighted by Gasteiger charge is -2.36. The van der Waals surface area contributed by atoms with E-state index in [1.807, 2.05) is 59.2 Å². The highest BCUT2D eigenvalue weighted by Crippen LogP contribution is 2.28. The summed E-state index contributed by atoms with van der Waals surface area (Å²) in [5.74, 6) is 1.19. The number of fused-ring (bicyclic) bond motifs is 1. The molecule has 1 fully saturated rings. The third-order valence-electron chi connectivity index (χ3n) is 7.24. The molecule has 1 saturated heterocycles. The predicted octanol–water partition coefficient (Wildman–Crippen LogP) is 6.81. The fourth-order valence-corrected chi connectivity index (χ4v) is 5.34. The average molecular weight is 486 g/mol. The zero-order valence-corrected chi connectivity index (χ0v) is 21.4. The van der Waals surface area contributed by atoms with Gasteiger partial charge in [0.15, 0.2) is 0 Å². The lowest BCUT2D eigenvalue weighted by atomic mass is 9.96. The molecule has 0 N–H and O–H groups in total. The van der Waals surface area contributed by atoms with Crippen LogP contribution in [0.25, 0.3) is 33.4 Å². The quantitative estimate of drug-likeness (QED) is 0.311. The third kappa shape index (κ3) is 4.91. The molecular formula is C30H32ClN3O. The van der Waals surface area contributed by atoms with Crippen LogP contribution in [0, 0.1) is 12.8 Å². The second-order valence-electron chi connectivity index (χ2n) is 10.0. The highest BCUT2D eigenvalue weighted by atomic mass is 35.5. The van der Waals surface area contributed by atoms with Gasteiger partial charge in [0.25, 0.3) is 5.56 Å². The molecule has 2 heterocycles. The Labute approximate surface area is 212 Å². The number of nitrogens with zero attached hydrogens (tertiary/aromatic N) is 3. The van der Waals surface area contributed by atoms with Crippen LogP contribution < -0.4 is 5.56 Å². The maximum atomic E-state index is 14.0. The van der Waals surface area contributed by atoms with Gasteiger partial charge in [-0.3, -0.25) is 9.36 Å². The second kappa shape index (κ2) is 9.96. The van der Waals surface area contributed by atoms with Crippen LogP contribution in [0.2, 0.25) is 5.02 Å². The van der Waals surface area contributed by atoms with Crippen molar-refractivity contribution in [3.05, 3.63) is 87.7 Å². The van der Waals surface area contributed by atoms with Gasteiger partial charge in [-0.2, -0.15) is 0 Å². The number of halogens is 1. The lowest BCUT2D eigenvalue weighted by molar-refractivity contribution is 0.130. The Morgan fingerprint density at radius 1 is 1.03 bits per heavy atom. The van der Waals surface area contributed by atoms with E-state index >= 15 is 0 Å². The first-order valence-electron chi connectivity index (χ1n) is 12.5. The van der Waals surface area contributed by atoms with Gasteiger partial charge in [-0.15, -0.1) is 0 Å². The molecule has 5 rings (SSSR count). The summed E-state index contributed by atoms with van der Waals surface area (Å²) in [6.07, 6.45) is 2.30. The molecule has 1 aliphatic heterocycles. The number of rotatable bonds is 5. The molecule has 0 radical (unpaired) electrons. The molecule has 3 aromatic carbocycles. The Hall–Kier alpha value is -2.95. The Balaban J connectivity index is 1.64. The summed E-state index contributed by atoms with van der Waals surface area (Å²) in [4.78, 5) is 21.6. The summed E-state index contributed by atoms with van der Waals surface area (Å²) < 4.78 is 1.94. The van der Waals surface area contributed by atoms with Crippen molar-refractivity contribution in [1.82, 2.24) is 14.5 Å². The van der Waals surface area contributed by atoms with Gasteiger partial charge in [0.05, 0.1) is 10.9 Å². The molecule has 0 aliphatic carbocycles. The molecule has 35 heavy (non-hydrogen) atoms. The minimum Gasteiger partial charge on any atom is -0.301 e. The van der Waals surface area contributed by atoms with Crippen LogP contribution in [-0.4, -0.2) is 33.6 Å². The van der Waals surface area contributed by atoms with Crippen molar-refractivity contribution in [1.29, 1.82) is 0 Å². The standard InChI is InChI=1S/C30H32ClN3O/c1-20(2)33-16-6-8-22(18-33)19-34-29(26-9-5-4-7-21(26)3)32-28-15-12-24(17-27(28)30(34)35)23-10-13-25(31)14-11-23/h4-5,7,9-15,17,20,22H,6,8,16,18-19H2,1-3H3. The van der Waals surface area contributed by atoms with Gasteiger partial charge in [0.2, 0.25) is 0 Å². The highest BCUT2D eigenvalue weighted by molar-refractivity contribution is 6.30. The van der Waals surface area contributed by atoms with E-state index in [2.05, 4.69) is 37.8 Å². The van der Waals surface area contributed by atoms with E-state index in [0.717, 1.165) is 53.1 Å². The maximum absolute atomic E-state index is 14.0. The number of piperidine rings is 1. The lowest BCUT2D eigenvalue weighted by Crippen LogP contribution is -2.42. The van der Waals surface area contributed by atoms with Gasteiger partial charge >= 0.3 is 0 Å². The Morgan fingerprint density at radius 3 is 2.51 bits per heavy atom. The van der Waals surface area contributed by atoms with Crippen molar-refractivity contribution in [3.8, 4) is 22.5 Å². The van der Waals surface area contributed by atoms with Crippen molar-refractivity contribution in [2.75, 3.05) is 13.1 Å². The maximum Gasteiger partial charge on any atom is 0.261 e. The van der Waals surface area contributed by atoms with Crippen LogP contribution in [0.4, 0.5) is 0 Å². The van der Waals surface area contributed by atoms with E-state index in [0.29, 0.717) is 28.9 Å². The summed E-state index contributed by atoms with van der Waals surface area (Å²) >= 11 is 6.08. The third-order valence-corrected chi connectivity index (χ3v) is 7.49. The van der Waals surface area contributed by atoms with Gasteiger partial charge in [-0.1, -0.05) is 54.1 Å². The topological polar surface area (TPSA) is 38.1 Å². The Morgan fingerprint density at radius 2 is 1.77 bits per heavy atom. The first kappa shape index (κ1) is 23.8. The number of aryl methyl sites for hydroxylation is 1. The molecule has 0 bridgehead atoms. The van der Waals surface area contributed by atoms with Crippen molar-refractivity contribution in [2.24, 2.45) is 5.92 Å². The number of aromatic nitrogens is 2. The minimum atomic E-state index is 0.0331. The minimum absolute atomic E-state index is 0.0331. The van der Waals surface area contributed by atoms with Crippen LogP contribution in [0.1, 0.15) is 32.3 Å². The molecule has 1 atom stereocenters. The van der Waals surface area contributed by atoms with E-state index in [1.165, 1.54) is 6.42 Å². The number of likely N-dealkylation sites (tertiary alicyclic amines) is 1. The Kier molecular flexibility index (Phi) is 6.77. The second-order valence-corrected chi connectivity index (χ2v) is 10.4. The van der Waals surface area contributed by atoms with Crippen molar-refractivity contribution in [2.45, 2.75) is 46.2 Å². The summed E-state index contributed by atoms with van der Waals surface area (Å²) in [7, 11) is 0. The summed E-state index contributed by atoms with van der Waals surface area (Å²) in [5.41, 5.74) is 4.93. The van der Waals surface area contributed by atoms with Gasteiger partial charge < -0.3 is 4.90 Å². The van der Waals surface area contributed by atoms with Gasteiger partial charge in [0, 0.05) is 29.7 Å². The molecule has 5 heteroatoms. The van der Waals surface area contributed by atoms with Crippen LogP contribution in [0.15, 0.2) is 71.5 Å². The van der Waals surface area contributed by atoms with E-state index in [-0.39, 0.29) is 5.56 Å². The Bertz CT molecular complexity index is 1410. The van der Waals surface area contributed by atoms with Crippen LogP contribution in [0.5, 0.6) is 0 Å². The average Bonchev–Trinajstić information content (AvgIpc) is 2.86. The van der Waals surface area contributed by atoms with Crippen molar-refractivity contribution >= 4 is 22.5 Å². The molecule has 0 spiro atoms. The fraction of sp³-hybridized carbons (Fsp3) is 0.333. The van der Waals surface area contributed by atoms with Crippen molar-refractivity contribution < 1.29 is 0 Å². The molecule has 1 aromatic heterocycles. The summed E-state index contributed by atoms with van der Waals surface area (Å²) in [6, 6.07) is 22.4. The zero-order chi connectivity index (χ0) is 24.5.